The Morgan fingerprint density at radius 1 is 0.963 bits per heavy atom. The lowest BCUT2D eigenvalue weighted by Gasteiger charge is -2.25. The van der Waals surface area contributed by atoms with E-state index in [-0.39, 0.29) is 17.9 Å². The Bertz CT molecular complexity index is 866. The van der Waals surface area contributed by atoms with E-state index < -0.39 is 0 Å². The molecule has 1 saturated carbocycles. The zero-order chi connectivity index (χ0) is 18.8. The Morgan fingerprint density at radius 3 is 2.30 bits per heavy atom. The molecule has 4 rings (SSSR count). The van der Waals surface area contributed by atoms with Gasteiger partial charge in [-0.25, -0.2) is 0 Å². The van der Waals surface area contributed by atoms with Crippen molar-refractivity contribution in [1.29, 1.82) is 0 Å². The van der Waals surface area contributed by atoms with Crippen LogP contribution in [-0.4, -0.2) is 22.8 Å². The van der Waals surface area contributed by atoms with Crippen LogP contribution >= 0.6 is 34.7 Å². The van der Waals surface area contributed by atoms with Gasteiger partial charge in [0, 0.05) is 20.8 Å². The van der Waals surface area contributed by atoms with E-state index in [9.17, 15) is 9.59 Å². The number of hydrogen-bond acceptors (Lipinski definition) is 4. The Balaban J connectivity index is 1.70. The first-order chi connectivity index (χ1) is 13.1. The number of nitrogens with zero attached hydrogens (tertiary/aromatic N) is 1. The summed E-state index contributed by atoms with van der Waals surface area (Å²) < 4.78 is 0. The second-order valence-corrected chi connectivity index (χ2v) is 9.33. The molecule has 1 aliphatic carbocycles. The van der Waals surface area contributed by atoms with Crippen LogP contribution in [0.4, 0.5) is 0 Å². The van der Waals surface area contributed by atoms with Crippen molar-refractivity contribution in [2.75, 3.05) is 0 Å². The van der Waals surface area contributed by atoms with Crippen LogP contribution in [0.25, 0.3) is 5.57 Å². The first kappa shape index (κ1) is 18.8. The minimum absolute atomic E-state index is 0.0192. The van der Waals surface area contributed by atoms with E-state index in [0.29, 0.717) is 15.5 Å². The molecular weight excluding hydrogens is 398 g/mol. The summed E-state index contributed by atoms with van der Waals surface area (Å²) in [7, 11) is 0. The van der Waals surface area contributed by atoms with Gasteiger partial charge in [0.1, 0.15) is 0 Å². The first-order valence-electron chi connectivity index (χ1n) is 9.24. The largest absolute Gasteiger partial charge is 0.271 e. The SMILES string of the molecule is O=C1C(Sc2ccc(Cl)cc2)=C(c2cccs2)C(=O)N1C1CCCCCC1. The molecule has 2 aromatic rings. The molecule has 1 aromatic heterocycles. The average Bonchev–Trinajstić information content (AvgIpc) is 3.16. The zero-order valence-corrected chi connectivity index (χ0v) is 17.2. The third-order valence-electron chi connectivity index (χ3n) is 5.06. The number of thiophene rings is 1. The van der Waals surface area contributed by atoms with Gasteiger partial charge in [0.05, 0.1) is 10.5 Å². The fourth-order valence-corrected chi connectivity index (χ4v) is 5.68. The molecule has 0 unspecified atom stereocenters. The van der Waals surface area contributed by atoms with Crippen LogP contribution in [-0.2, 0) is 9.59 Å². The van der Waals surface area contributed by atoms with Crippen molar-refractivity contribution >= 4 is 52.1 Å². The maximum absolute atomic E-state index is 13.3. The van der Waals surface area contributed by atoms with Gasteiger partial charge in [0.2, 0.25) is 0 Å². The highest BCUT2D eigenvalue weighted by Crippen LogP contribution is 2.43. The van der Waals surface area contributed by atoms with Gasteiger partial charge in [0.15, 0.2) is 0 Å². The topological polar surface area (TPSA) is 37.4 Å². The van der Waals surface area contributed by atoms with Crippen LogP contribution in [0, 0.1) is 0 Å². The number of thioether (sulfide) groups is 1. The van der Waals surface area contributed by atoms with E-state index >= 15 is 0 Å². The van der Waals surface area contributed by atoms with Crippen LogP contribution in [0.5, 0.6) is 0 Å². The second-order valence-electron chi connectivity index (χ2n) is 6.86. The lowest BCUT2D eigenvalue weighted by molar-refractivity contribution is -0.139. The van der Waals surface area contributed by atoms with Crippen molar-refractivity contribution in [3.05, 3.63) is 56.6 Å². The molecule has 0 N–H and O–H groups in total. The van der Waals surface area contributed by atoms with Gasteiger partial charge in [-0.05, 0) is 48.6 Å². The summed E-state index contributed by atoms with van der Waals surface area (Å²) in [4.78, 5) is 30.5. The summed E-state index contributed by atoms with van der Waals surface area (Å²) in [5, 5.41) is 2.60. The quantitative estimate of drug-likeness (QED) is 0.452. The zero-order valence-electron chi connectivity index (χ0n) is 14.8. The number of benzene rings is 1. The molecule has 1 aromatic carbocycles. The molecule has 140 valence electrons. The maximum atomic E-state index is 13.3. The third kappa shape index (κ3) is 3.86. The summed E-state index contributed by atoms with van der Waals surface area (Å²) in [5.74, 6) is -0.277. The van der Waals surface area contributed by atoms with Gasteiger partial charge in [-0.2, -0.15) is 0 Å². The minimum Gasteiger partial charge on any atom is -0.271 e. The second kappa shape index (κ2) is 8.21. The van der Waals surface area contributed by atoms with E-state index in [1.807, 2.05) is 29.6 Å². The Morgan fingerprint density at radius 2 is 1.67 bits per heavy atom. The molecule has 1 aliphatic heterocycles. The normalized spacial score (nSPS) is 19.1. The molecule has 6 heteroatoms. The van der Waals surface area contributed by atoms with Crippen molar-refractivity contribution in [3.63, 3.8) is 0 Å². The maximum Gasteiger partial charge on any atom is 0.268 e. The number of imide groups is 1. The van der Waals surface area contributed by atoms with E-state index in [1.54, 1.807) is 17.0 Å². The fourth-order valence-electron chi connectivity index (χ4n) is 3.73. The standard InChI is InChI=1S/C21H20ClNO2S2/c22-14-9-11-16(12-10-14)27-19-18(17-8-5-13-26-17)20(24)23(21(19)25)15-6-3-1-2-4-7-15/h5,8-13,15H,1-4,6-7H2. The highest BCUT2D eigenvalue weighted by Gasteiger charge is 2.43. The molecule has 27 heavy (non-hydrogen) atoms. The Hall–Kier alpha value is -1.56. The Kier molecular flexibility index (Phi) is 5.71. The monoisotopic (exact) mass is 417 g/mol. The molecule has 0 radical (unpaired) electrons. The minimum atomic E-state index is -0.143. The Labute approximate surface area is 172 Å². The molecule has 2 amide bonds. The highest BCUT2D eigenvalue weighted by molar-refractivity contribution is 8.04. The lowest BCUT2D eigenvalue weighted by atomic mass is 10.1. The van der Waals surface area contributed by atoms with Gasteiger partial charge >= 0.3 is 0 Å². The van der Waals surface area contributed by atoms with E-state index in [2.05, 4.69) is 0 Å². The van der Waals surface area contributed by atoms with E-state index in [4.69, 9.17) is 11.6 Å². The molecule has 0 spiro atoms. The van der Waals surface area contributed by atoms with Crippen LogP contribution in [0.1, 0.15) is 43.4 Å². The van der Waals surface area contributed by atoms with Crippen molar-refractivity contribution in [2.45, 2.75) is 49.5 Å². The van der Waals surface area contributed by atoms with Crippen molar-refractivity contribution in [1.82, 2.24) is 4.90 Å². The van der Waals surface area contributed by atoms with Crippen molar-refractivity contribution in [2.24, 2.45) is 0 Å². The third-order valence-corrected chi connectivity index (χ3v) is 7.29. The summed E-state index contributed by atoms with van der Waals surface area (Å²) in [6, 6.07) is 11.2. The van der Waals surface area contributed by atoms with Crippen molar-refractivity contribution in [3.8, 4) is 0 Å². The number of carbonyl (C=O) groups is 2. The van der Waals surface area contributed by atoms with Crippen molar-refractivity contribution < 1.29 is 9.59 Å². The van der Waals surface area contributed by atoms with Crippen LogP contribution < -0.4 is 0 Å². The first-order valence-corrected chi connectivity index (χ1v) is 11.3. The molecule has 0 saturated heterocycles. The molecule has 2 heterocycles. The predicted molar refractivity (Wildman–Crippen MR) is 112 cm³/mol. The molecular formula is C21H20ClNO2S2. The number of halogens is 1. The number of amides is 2. The molecule has 0 atom stereocenters. The van der Waals surface area contributed by atoms with E-state index in [1.165, 1.54) is 35.9 Å². The number of carbonyl (C=O) groups excluding carboxylic acids is 2. The van der Waals surface area contributed by atoms with E-state index in [0.717, 1.165) is 35.5 Å². The fraction of sp³-hybridized carbons (Fsp3) is 0.333. The summed E-state index contributed by atoms with van der Waals surface area (Å²) in [6.07, 6.45) is 6.35. The molecule has 3 nitrogen and oxygen atoms in total. The lowest BCUT2D eigenvalue weighted by Crippen LogP contribution is -2.40. The van der Waals surface area contributed by atoms with Gasteiger partial charge < -0.3 is 0 Å². The van der Waals surface area contributed by atoms with Crippen LogP contribution in [0.2, 0.25) is 5.02 Å². The molecule has 2 aliphatic rings. The molecule has 0 bridgehead atoms. The predicted octanol–water partition coefficient (Wildman–Crippen LogP) is 6.00. The molecule has 1 fully saturated rings. The number of rotatable bonds is 4. The summed E-state index contributed by atoms with van der Waals surface area (Å²) in [6.45, 7) is 0. The van der Waals surface area contributed by atoms with Crippen LogP contribution in [0.3, 0.4) is 0 Å². The summed E-state index contributed by atoms with van der Waals surface area (Å²) in [5.41, 5.74) is 0.555. The average molecular weight is 418 g/mol. The van der Waals surface area contributed by atoms with Crippen LogP contribution in [0.15, 0.2) is 51.6 Å². The smallest absolute Gasteiger partial charge is 0.268 e. The van der Waals surface area contributed by atoms with Gasteiger partial charge in [-0.1, -0.05) is 55.1 Å². The van der Waals surface area contributed by atoms with Gasteiger partial charge in [-0.15, -0.1) is 11.3 Å². The highest BCUT2D eigenvalue weighted by atomic mass is 35.5. The summed E-state index contributed by atoms with van der Waals surface area (Å²) >= 11 is 8.85. The van der Waals surface area contributed by atoms with Gasteiger partial charge in [-0.3, -0.25) is 14.5 Å². The number of hydrogen-bond donors (Lipinski definition) is 0. The van der Waals surface area contributed by atoms with Gasteiger partial charge in [0.25, 0.3) is 11.8 Å².